The molecule has 2 aliphatic rings. The van der Waals surface area contributed by atoms with E-state index in [0.717, 1.165) is 29.3 Å². The molecule has 0 aliphatic carbocycles. The van der Waals surface area contributed by atoms with Crippen LogP contribution in [0.5, 0.6) is 0 Å². The number of fused-ring (bicyclic) bond motifs is 3. The maximum Gasteiger partial charge on any atom is 0.272 e. The number of rotatable bonds is 3. The Labute approximate surface area is 150 Å². The molecule has 2 saturated heterocycles. The molecule has 2 bridgehead atoms. The van der Waals surface area contributed by atoms with Gasteiger partial charge in [-0.15, -0.1) is 0 Å². The number of carbonyl (C=O) groups is 1. The lowest BCUT2D eigenvalue weighted by atomic mass is 9.98. The van der Waals surface area contributed by atoms with Crippen molar-refractivity contribution in [2.75, 3.05) is 7.05 Å². The van der Waals surface area contributed by atoms with Crippen LogP contribution in [0.15, 0.2) is 35.1 Å². The van der Waals surface area contributed by atoms with Gasteiger partial charge < -0.3 is 14.6 Å². The predicted molar refractivity (Wildman–Crippen MR) is 96.7 cm³/mol. The second-order valence-corrected chi connectivity index (χ2v) is 7.36. The fourth-order valence-electron chi connectivity index (χ4n) is 4.47. The molecule has 3 aromatic rings. The molecular formula is C19H21N5O2. The van der Waals surface area contributed by atoms with E-state index in [1.54, 1.807) is 6.20 Å². The zero-order chi connectivity index (χ0) is 17.7. The van der Waals surface area contributed by atoms with Gasteiger partial charge in [0.05, 0.1) is 11.7 Å². The summed E-state index contributed by atoms with van der Waals surface area (Å²) < 4.78 is 5.36. The van der Waals surface area contributed by atoms with Crippen LogP contribution in [0.1, 0.15) is 36.2 Å². The van der Waals surface area contributed by atoms with Gasteiger partial charge in [-0.05, 0) is 50.9 Å². The summed E-state index contributed by atoms with van der Waals surface area (Å²) in [5, 5.41) is 11.2. The minimum atomic E-state index is -0.116. The molecule has 134 valence electrons. The number of aromatic nitrogens is 3. The number of nitrogens with zero attached hydrogens (tertiary/aromatic N) is 3. The van der Waals surface area contributed by atoms with Gasteiger partial charge in [-0.1, -0.05) is 0 Å². The first-order valence-electron chi connectivity index (χ1n) is 9.10. The van der Waals surface area contributed by atoms with Gasteiger partial charge >= 0.3 is 0 Å². The zero-order valence-electron chi connectivity index (χ0n) is 14.6. The Morgan fingerprint density at radius 2 is 2.12 bits per heavy atom. The molecule has 1 aromatic carbocycles. The van der Waals surface area contributed by atoms with Crippen molar-refractivity contribution < 1.29 is 9.21 Å². The third-order valence-electron chi connectivity index (χ3n) is 5.89. The lowest BCUT2D eigenvalue weighted by molar-refractivity contribution is 0.0879. The SMILES string of the molecule is CN1[C@@H]2CC[C@H]1CC(NC(=O)c1n[nH]c3ccc(-c4ncco4)cc13)C2. The third kappa shape index (κ3) is 2.50. The van der Waals surface area contributed by atoms with Crippen molar-refractivity contribution in [3.8, 4) is 11.5 Å². The first-order valence-corrected chi connectivity index (χ1v) is 9.10. The van der Waals surface area contributed by atoms with Crippen LogP contribution < -0.4 is 5.32 Å². The lowest BCUT2D eigenvalue weighted by Gasteiger charge is -2.36. The quantitative estimate of drug-likeness (QED) is 0.757. The van der Waals surface area contributed by atoms with Gasteiger partial charge in [0.25, 0.3) is 5.91 Å². The van der Waals surface area contributed by atoms with E-state index in [1.165, 1.54) is 19.1 Å². The van der Waals surface area contributed by atoms with Crippen molar-refractivity contribution in [1.82, 2.24) is 25.4 Å². The maximum absolute atomic E-state index is 12.9. The average molecular weight is 351 g/mol. The van der Waals surface area contributed by atoms with Crippen molar-refractivity contribution >= 4 is 16.8 Å². The van der Waals surface area contributed by atoms with Crippen LogP contribution in [0.25, 0.3) is 22.4 Å². The third-order valence-corrected chi connectivity index (χ3v) is 5.89. The van der Waals surface area contributed by atoms with E-state index in [-0.39, 0.29) is 11.9 Å². The van der Waals surface area contributed by atoms with Crippen molar-refractivity contribution in [2.45, 2.75) is 43.8 Å². The van der Waals surface area contributed by atoms with E-state index < -0.39 is 0 Å². The molecule has 5 rings (SSSR count). The van der Waals surface area contributed by atoms with Gasteiger partial charge in [0, 0.05) is 29.1 Å². The standard InChI is InChI=1S/C19H21N5O2/c1-24-13-3-4-14(24)10-12(9-13)21-18(25)17-15-8-11(19-20-6-7-26-19)2-5-16(15)22-23-17/h2,5-8,12-14H,3-4,9-10H2,1H3,(H,21,25)(H,22,23)/t12?,13-,14+. The molecule has 0 spiro atoms. The predicted octanol–water partition coefficient (Wildman–Crippen LogP) is 2.57. The maximum atomic E-state index is 12.9. The number of amides is 1. The molecule has 2 aliphatic heterocycles. The molecule has 0 radical (unpaired) electrons. The lowest BCUT2D eigenvalue weighted by Crippen LogP contribution is -2.48. The number of nitrogens with one attached hydrogen (secondary N) is 2. The molecule has 1 amide bonds. The van der Waals surface area contributed by atoms with E-state index in [0.29, 0.717) is 23.7 Å². The minimum absolute atomic E-state index is 0.116. The highest BCUT2D eigenvalue weighted by atomic mass is 16.3. The van der Waals surface area contributed by atoms with Crippen LogP contribution in [0.2, 0.25) is 0 Å². The molecule has 2 aromatic heterocycles. The van der Waals surface area contributed by atoms with Gasteiger partial charge in [-0.2, -0.15) is 5.10 Å². The second kappa shape index (κ2) is 5.95. The molecule has 26 heavy (non-hydrogen) atoms. The number of hydrogen-bond acceptors (Lipinski definition) is 5. The highest BCUT2D eigenvalue weighted by Gasteiger charge is 2.39. The number of oxazole rings is 1. The summed E-state index contributed by atoms with van der Waals surface area (Å²) in [5.41, 5.74) is 2.09. The molecule has 7 heteroatoms. The van der Waals surface area contributed by atoms with Crippen LogP contribution in [0.4, 0.5) is 0 Å². The van der Waals surface area contributed by atoms with Crippen molar-refractivity contribution in [1.29, 1.82) is 0 Å². The number of aromatic amines is 1. The number of benzene rings is 1. The van der Waals surface area contributed by atoms with Gasteiger partial charge in [0.1, 0.15) is 6.26 Å². The van der Waals surface area contributed by atoms with Crippen LogP contribution in [-0.4, -0.2) is 51.2 Å². The van der Waals surface area contributed by atoms with Gasteiger partial charge in [-0.25, -0.2) is 4.98 Å². The summed E-state index contributed by atoms with van der Waals surface area (Å²) in [4.78, 5) is 19.5. The van der Waals surface area contributed by atoms with Gasteiger partial charge in [0.15, 0.2) is 5.69 Å². The Morgan fingerprint density at radius 1 is 1.31 bits per heavy atom. The number of hydrogen-bond donors (Lipinski definition) is 2. The van der Waals surface area contributed by atoms with Crippen LogP contribution in [-0.2, 0) is 0 Å². The Hall–Kier alpha value is -2.67. The number of piperidine rings is 1. The summed E-state index contributed by atoms with van der Waals surface area (Å²) >= 11 is 0. The molecule has 0 saturated carbocycles. The van der Waals surface area contributed by atoms with E-state index in [2.05, 4.69) is 32.4 Å². The van der Waals surface area contributed by atoms with Crippen molar-refractivity contribution in [2.24, 2.45) is 0 Å². The first-order chi connectivity index (χ1) is 12.7. The molecule has 2 fully saturated rings. The number of H-pyrrole nitrogens is 1. The summed E-state index contributed by atoms with van der Waals surface area (Å²) in [7, 11) is 2.20. The monoisotopic (exact) mass is 351 g/mol. The highest BCUT2D eigenvalue weighted by Crippen LogP contribution is 2.34. The van der Waals surface area contributed by atoms with Crippen LogP contribution in [0.3, 0.4) is 0 Å². The zero-order valence-corrected chi connectivity index (χ0v) is 14.6. The van der Waals surface area contributed by atoms with Crippen molar-refractivity contribution in [3.05, 3.63) is 36.4 Å². The van der Waals surface area contributed by atoms with Gasteiger partial charge in [-0.3, -0.25) is 9.89 Å². The Bertz CT molecular complexity index is 934. The largest absolute Gasteiger partial charge is 0.445 e. The summed E-state index contributed by atoms with van der Waals surface area (Å²) in [6.45, 7) is 0. The molecular weight excluding hydrogens is 330 g/mol. The van der Waals surface area contributed by atoms with Gasteiger partial charge in [0.2, 0.25) is 5.89 Å². The molecule has 2 N–H and O–H groups in total. The van der Waals surface area contributed by atoms with E-state index in [9.17, 15) is 4.79 Å². The topological polar surface area (TPSA) is 87.0 Å². The van der Waals surface area contributed by atoms with Crippen molar-refractivity contribution in [3.63, 3.8) is 0 Å². The highest BCUT2D eigenvalue weighted by molar-refractivity contribution is 6.05. The summed E-state index contributed by atoms with van der Waals surface area (Å²) in [6.07, 6.45) is 7.65. The Balaban J connectivity index is 1.40. The first kappa shape index (κ1) is 15.6. The average Bonchev–Trinajstić information content (AvgIpc) is 3.34. The Morgan fingerprint density at radius 3 is 2.85 bits per heavy atom. The number of carbonyl (C=O) groups excluding carboxylic acids is 1. The van der Waals surface area contributed by atoms with Crippen LogP contribution >= 0.6 is 0 Å². The van der Waals surface area contributed by atoms with Crippen LogP contribution in [0, 0.1) is 0 Å². The smallest absolute Gasteiger partial charge is 0.272 e. The minimum Gasteiger partial charge on any atom is -0.445 e. The van der Waals surface area contributed by atoms with E-state index in [1.807, 2.05) is 18.2 Å². The normalized spacial score (nSPS) is 25.7. The second-order valence-electron chi connectivity index (χ2n) is 7.36. The molecule has 1 unspecified atom stereocenters. The summed E-state index contributed by atoms with van der Waals surface area (Å²) in [6, 6.07) is 7.10. The van der Waals surface area contributed by atoms with E-state index >= 15 is 0 Å². The summed E-state index contributed by atoms with van der Waals surface area (Å²) in [5.74, 6) is 0.418. The Kier molecular flexibility index (Phi) is 3.56. The fraction of sp³-hybridized carbons (Fsp3) is 0.421. The fourth-order valence-corrected chi connectivity index (χ4v) is 4.47. The molecule has 3 atom stereocenters. The molecule has 4 heterocycles. The molecule has 7 nitrogen and oxygen atoms in total. The van der Waals surface area contributed by atoms with E-state index in [4.69, 9.17) is 4.42 Å².